The number of fused-ring (bicyclic) bond motifs is 3. The summed E-state index contributed by atoms with van der Waals surface area (Å²) in [5.74, 6) is -1.22. The van der Waals surface area contributed by atoms with Gasteiger partial charge in [0.1, 0.15) is 0 Å². The maximum Gasteiger partial charge on any atom is 0.336 e. The lowest BCUT2D eigenvalue weighted by molar-refractivity contribution is -0.0964. The van der Waals surface area contributed by atoms with Gasteiger partial charge in [-0.3, -0.25) is 0 Å². The van der Waals surface area contributed by atoms with Gasteiger partial charge < -0.3 is 10.2 Å². The molecule has 3 rings (SSSR count). The highest BCUT2D eigenvalue weighted by Gasteiger charge is 2.57. The third-order valence-electron chi connectivity index (χ3n) is 3.75. The molecule has 0 saturated carbocycles. The molecule has 0 bridgehead atoms. The Kier molecular flexibility index (Phi) is 2.91. The van der Waals surface area contributed by atoms with E-state index in [0.29, 0.717) is 5.56 Å². The Labute approximate surface area is 121 Å². The van der Waals surface area contributed by atoms with E-state index in [1.54, 1.807) is 6.07 Å². The van der Waals surface area contributed by atoms with Gasteiger partial charge in [0, 0.05) is 16.7 Å². The van der Waals surface area contributed by atoms with Crippen LogP contribution in [0, 0.1) is 0 Å². The zero-order valence-corrected chi connectivity index (χ0v) is 11.8. The molecular formula is C15H11F2O3P. The molecule has 108 valence electrons. The standard InChI is InChI=1S/C15H11F2O3P/c16-15(17,21)14(20)10-6-2-1-4-8(10)12-9(13(18)19)5-3-7-11(12)14/h1-7,20H,21H2,(H,18,19). The summed E-state index contributed by atoms with van der Waals surface area (Å²) in [6.07, 6.45) is 0. The molecule has 0 saturated heterocycles. The molecule has 0 radical (unpaired) electrons. The van der Waals surface area contributed by atoms with Crippen molar-refractivity contribution in [3.05, 3.63) is 59.2 Å². The molecule has 1 aliphatic rings. The first kappa shape index (κ1) is 14.1. The number of hydrogen-bond acceptors (Lipinski definition) is 2. The molecule has 2 N–H and O–H groups in total. The van der Waals surface area contributed by atoms with Crippen LogP contribution in [0.15, 0.2) is 42.5 Å². The number of carbonyl (C=O) groups is 1. The van der Waals surface area contributed by atoms with Crippen molar-refractivity contribution in [2.45, 2.75) is 11.3 Å². The van der Waals surface area contributed by atoms with Gasteiger partial charge in [0.2, 0.25) is 0 Å². The Bertz CT molecular complexity index is 755. The van der Waals surface area contributed by atoms with Crippen molar-refractivity contribution in [1.82, 2.24) is 0 Å². The van der Waals surface area contributed by atoms with Crippen LogP contribution in [0.25, 0.3) is 11.1 Å². The van der Waals surface area contributed by atoms with Crippen LogP contribution in [-0.4, -0.2) is 21.8 Å². The fourth-order valence-corrected chi connectivity index (χ4v) is 3.15. The molecular weight excluding hydrogens is 297 g/mol. The van der Waals surface area contributed by atoms with Crippen LogP contribution in [0.4, 0.5) is 8.78 Å². The molecule has 0 aliphatic heterocycles. The van der Waals surface area contributed by atoms with Crippen molar-refractivity contribution in [3.63, 3.8) is 0 Å². The normalized spacial score (nSPS) is 20.0. The topological polar surface area (TPSA) is 57.5 Å². The van der Waals surface area contributed by atoms with Crippen LogP contribution in [0.1, 0.15) is 21.5 Å². The SMILES string of the molecule is O=C(O)c1cccc2c1-c1ccccc1C2(O)C(F)(F)P. The summed E-state index contributed by atoms with van der Waals surface area (Å²) in [5.41, 5.74) is -5.83. The minimum Gasteiger partial charge on any atom is -0.478 e. The van der Waals surface area contributed by atoms with Gasteiger partial charge in [-0.05, 0) is 11.6 Å². The first-order chi connectivity index (χ1) is 9.78. The number of benzene rings is 2. The van der Waals surface area contributed by atoms with Crippen molar-refractivity contribution < 1.29 is 23.8 Å². The number of alkyl halides is 2. The van der Waals surface area contributed by atoms with Crippen molar-refractivity contribution >= 4 is 15.2 Å². The summed E-state index contributed by atoms with van der Waals surface area (Å²) in [6.45, 7) is 0. The number of aromatic carboxylic acids is 1. The monoisotopic (exact) mass is 308 g/mol. The Hall–Kier alpha value is -1.84. The smallest absolute Gasteiger partial charge is 0.336 e. The second kappa shape index (κ2) is 4.33. The Balaban J connectivity index is 2.46. The molecule has 2 atom stereocenters. The Morgan fingerprint density at radius 2 is 1.71 bits per heavy atom. The van der Waals surface area contributed by atoms with Crippen molar-refractivity contribution in [1.29, 1.82) is 0 Å². The van der Waals surface area contributed by atoms with E-state index in [1.807, 2.05) is 0 Å². The molecule has 6 heteroatoms. The summed E-state index contributed by atoms with van der Waals surface area (Å²) in [4.78, 5) is 11.4. The van der Waals surface area contributed by atoms with E-state index >= 15 is 0 Å². The van der Waals surface area contributed by atoms with E-state index < -0.39 is 17.2 Å². The maximum atomic E-state index is 14.1. The highest BCUT2D eigenvalue weighted by Crippen LogP contribution is 2.57. The fraction of sp³-hybridized carbons (Fsp3) is 0.133. The van der Waals surface area contributed by atoms with Crippen LogP contribution in [0.5, 0.6) is 0 Å². The van der Waals surface area contributed by atoms with E-state index in [4.69, 9.17) is 0 Å². The molecule has 0 amide bonds. The molecule has 2 aromatic rings. The molecule has 0 fully saturated rings. The zero-order valence-electron chi connectivity index (χ0n) is 10.7. The molecule has 0 heterocycles. The van der Waals surface area contributed by atoms with Crippen LogP contribution in [0.2, 0.25) is 0 Å². The lowest BCUT2D eigenvalue weighted by Crippen LogP contribution is -2.40. The largest absolute Gasteiger partial charge is 0.478 e. The molecule has 21 heavy (non-hydrogen) atoms. The van der Waals surface area contributed by atoms with Crippen LogP contribution >= 0.6 is 9.24 Å². The second-order valence-electron chi connectivity index (χ2n) is 4.91. The van der Waals surface area contributed by atoms with Crippen LogP contribution < -0.4 is 0 Å². The van der Waals surface area contributed by atoms with Gasteiger partial charge in [-0.1, -0.05) is 45.6 Å². The summed E-state index contributed by atoms with van der Waals surface area (Å²) in [5, 5.41) is 19.9. The Morgan fingerprint density at radius 1 is 1.10 bits per heavy atom. The summed E-state index contributed by atoms with van der Waals surface area (Å²) >= 11 is 0. The number of halogens is 2. The van der Waals surface area contributed by atoms with E-state index in [9.17, 15) is 23.8 Å². The first-order valence-electron chi connectivity index (χ1n) is 6.14. The van der Waals surface area contributed by atoms with E-state index in [-0.39, 0.29) is 22.3 Å². The molecule has 0 aromatic heterocycles. The van der Waals surface area contributed by atoms with Gasteiger partial charge >= 0.3 is 5.97 Å². The minimum absolute atomic E-state index is 0.00806. The lowest BCUT2D eigenvalue weighted by atomic mass is 9.91. The number of carboxylic acid groups (broad SMARTS) is 1. The molecule has 2 unspecified atom stereocenters. The Morgan fingerprint density at radius 3 is 2.33 bits per heavy atom. The van der Waals surface area contributed by atoms with E-state index in [1.165, 1.54) is 45.6 Å². The molecule has 0 spiro atoms. The third-order valence-corrected chi connectivity index (χ3v) is 4.17. The summed E-state index contributed by atoms with van der Waals surface area (Å²) in [6, 6.07) is 10.1. The van der Waals surface area contributed by atoms with Gasteiger partial charge in [-0.15, -0.1) is 0 Å². The van der Waals surface area contributed by atoms with Crippen LogP contribution in [0.3, 0.4) is 0 Å². The third kappa shape index (κ3) is 1.74. The number of aliphatic hydroxyl groups is 1. The zero-order chi connectivity index (χ0) is 15.4. The highest BCUT2D eigenvalue weighted by atomic mass is 31.0. The minimum atomic E-state index is -3.54. The van der Waals surface area contributed by atoms with E-state index in [0.717, 1.165) is 0 Å². The average Bonchev–Trinajstić information content (AvgIpc) is 2.70. The number of hydrogen-bond donors (Lipinski definition) is 2. The number of rotatable bonds is 2. The quantitative estimate of drug-likeness (QED) is 0.838. The fourth-order valence-electron chi connectivity index (χ4n) is 2.84. The predicted molar refractivity (Wildman–Crippen MR) is 76.5 cm³/mol. The summed E-state index contributed by atoms with van der Waals surface area (Å²) < 4.78 is 28.1. The molecule has 3 nitrogen and oxygen atoms in total. The highest BCUT2D eigenvalue weighted by molar-refractivity contribution is 7.18. The predicted octanol–water partition coefficient (Wildman–Crippen LogP) is 3.07. The van der Waals surface area contributed by atoms with Gasteiger partial charge in [-0.2, -0.15) is 8.78 Å². The van der Waals surface area contributed by atoms with Gasteiger partial charge in [-0.25, -0.2) is 4.79 Å². The number of carboxylic acids is 1. The van der Waals surface area contributed by atoms with Gasteiger partial charge in [0.15, 0.2) is 5.60 Å². The average molecular weight is 308 g/mol. The maximum absolute atomic E-state index is 14.1. The molecule has 2 aromatic carbocycles. The summed E-state index contributed by atoms with van der Waals surface area (Å²) in [7, 11) is 1.34. The van der Waals surface area contributed by atoms with E-state index in [2.05, 4.69) is 0 Å². The van der Waals surface area contributed by atoms with Crippen molar-refractivity contribution in [3.8, 4) is 11.1 Å². The lowest BCUT2D eigenvalue weighted by Gasteiger charge is -2.31. The first-order valence-corrected chi connectivity index (χ1v) is 6.72. The molecule has 1 aliphatic carbocycles. The van der Waals surface area contributed by atoms with Crippen molar-refractivity contribution in [2.24, 2.45) is 0 Å². The van der Waals surface area contributed by atoms with Gasteiger partial charge in [0.25, 0.3) is 5.66 Å². The van der Waals surface area contributed by atoms with Crippen LogP contribution in [-0.2, 0) is 5.60 Å². The second-order valence-corrected chi connectivity index (χ2v) is 5.64. The van der Waals surface area contributed by atoms with Gasteiger partial charge in [0.05, 0.1) is 5.56 Å². The van der Waals surface area contributed by atoms with Crippen molar-refractivity contribution in [2.75, 3.05) is 0 Å².